The summed E-state index contributed by atoms with van der Waals surface area (Å²) in [5.74, 6) is 0.137. The highest BCUT2D eigenvalue weighted by Crippen LogP contribution is 2.30. The summed E-state index contributed by atoms with van der Waals surface area (Å²) in [6.45, 7) is 0.795. The molecule has 1 saturated carbocycles. The van der Waals surface area contributed by atoms with Crippen LogP contribution in [0.25, 0.3) is 0 Å². The van der Waals surface area contributed by atoms with Gasteiger partial charge in [-0.25, -0.2) is 4.39 Å². The van der Waals surface area contributed by atoms with Gasteiger partial charge in [0, 0.05) is 6.54 Å². The van der Waals surface area contributed by atoms with Crippen LogP contribution in [0.15, 0.2) is 18.2 Å². The topological polar surface area (TPSA) is 64.3 Å². The number of rotatable bonds is 4. The summed E-state index contributed by atoms with van der Waals surface area (Å²) in [4.78, 5) is 11.4. The van der Waals surface area contributed by atoms with Crippen LogP contribution in [0.1, 0.15) is 25.7 Å². The van der Waals surface area contributed by atoms with Crippen molar-refractivity contribution in [3.63, 3.8) is 0 Å². The normalized spacial score (nSPS) is 22.3. The molecule has 0 heterocycles. The zero-order valence-electron chi connectivity index (χ0n) is 11.7. The van der Waals surface area contributed by atoms with E-state index in [9.17, 15) is 9.18 Å². The number of nitrogen functional groups attached to an aromatic ring is 1. The van der Waals surface area contributed by atoms with Crippen LogP contribution in [0.3, 0.4) is 0 Å². The molecule has 110 valence electrons. The van der Waals surface area contributed by atoms with Crippen molar-refractivity contribution in [3.8, 4) is 0 Å². The van der Waals surface area contributed by atoms with Crippen LogP contribution in [0.5, 0.6) is 0 Å². The number of carbonyl (C=O) groups excluding carboxylic acids is 1. The van der Waals surface area contributed by atoms with E-state index in [0.717, 1.165) is 37.9 Å². The Morgan fingerprint density at radius 2 is 2.10 bits per heavy atom. The number of nitrogens with one attached hydrogen (secondary N) is 1. The average Bonchev–Trinajstić information content (AvgIpc) is 2.46. The van der Waals surface area contributed by atoms with Gasteiger partial charge < -0.3 is 15.8 Å². The summed E-state index contributed by atoms with van der Waals surface area (Å²) in [5, 5.41) is 3.26. The van der Waals surface area contributed by atoms with E-state index in [4.69, 9.17) is 10.5 Å². The molecule has 0 bridgehead atoms. The molecule has 1 aromatic carbocycles. The number of nitrogens with two attached hydrogens (primary N) is 1. The molecule has 0 radical (unpaired) electrons. The molecule has 1 fully saturated rings. The first kappa shape index (κ1) is 14.6. The summed E-state index contributed by atoms with van der Waals surface area (Å²) in [7, 11) is 1.44. The van der Waals surface area contributed by atoms with Crippen molar-refractivity contribution in [2.24, 2.45) is 11.8 Å². The Bertz CT molecular complexity index is 471. The van der Waals surface area contributed by atoms with Crippen molar-refractivity contribution in [1.82, 2.24) is 0 Å². The van der Waals surface area contributed by atoms with E-state index < -0.39 is 0 Å². The first-order valence-electron chi connectivity index (χ1n) is 6.97. The Kier molecular flexibility index (Phi) is 4.82. The lowest BCUT2D eigenvalue weighted by Crippen LogP contribution is -2.26. The van der Waals surface area contributed by atoms with Crippen molar-refractivity contribution in [2.45, 2.75) is 25.7 Å². The Labute approximate surface area is 118 Å². The molecule has 4 nitrogen and oxygen atoms in total. The van der Waals surface area contributed by atoms with E-state index in [-0.39, 0.29) is 17.7 Å². The molecule has 1 aliphatic carbocycles. The van der Waals surface area contributed by atoms with Crippen LogP contribution in [0.4, 0.5) is 15.8 Å². The molecule has 5 heteroatoms. The molecule has 0 saturated heterocycles. The van der Waals surface area contributed by atoms with Crippen LogP contribution in [-0.2, 0) is 9.53 Å². The summed E-state index contributed by atoms with van der Waals surface area (Å²) in [6.07, 6.45) is 3.73. The van der Waals surface area contributed by atoms with Crippen LogP contribution in [0.2, 0.25) is 0 Å². The molecule has 1 aromatic rings. The molecular weight excluding hydrogens is 259 g/mol. The predicted molar refractivity (Wildman–Crippen MR) is 76.8 cm³/mol. The predicted octanol–water partition coefficient (Wildman–Crippen LogP) is 2.80. The molecule has 0 spiro atoms. The van der Waals surface area contributed by atoms with Crippen LogP contribution in [-0.4, -0.2) is 19.6 Å². The molecule has 2 rings (SSSR count). The first-order valence-corrected chi connectivity index (χ1v) is 6.97. The van der Waals surface area contributed by atoms with E-state index >= 15 is 0 Å². The minimum atomic E-state index is -0.327. The summed E-state index contributed by atoms with van der Waals surface area (Å²) >= 11 is 0. The zero-order valence-corrected chi connectivity index (χ0v) is 11.7. The molecular formula is C15H21FN2O2. The third-order valence-electron chi connectivity index (χ3n) is 3.98. The lowest BCUT2D eigenvalue weighted by Gasteiger charge is -2.27. The fraction of sp³-hybridized carbons (Fsp3) is 0.533. The average molecular weight is 280 g/mol. The highest BCUT2D eigenvalue weighted by atomic mass is 19.1. The number of halogens is 1. The van der Waals surface area contributed by atoms with Gasteiger partial charge in [0.1, 0.15) is 5.82 Å². The minimum absolute atomic E-state index is 0.0483. The van der Waals surface area contributed by atoms with E-state index in [2.05, 4.69) is 5.32 Å². The van der Waals surface area contributed by atoms with Gasteiger partial charge in [-0.3, -0.25) is 4.79 Å². The number of hydrogen-bond donors (Lipinski definition) is 2. The highest BCUT2D eigenvalue weighted by Gasteiger charge is 2.26. The number of hydrogen-bond acceptors (Lipinski definition) is 4. The molecule has 0 amide bonds. The van der Waals surface area contributed by atoms with Gasteiger partial charge in [0.25, 0.3) is 0 Å². The van der Waals surface area contributed by atoms with E-state index in [1.807, 2.05) is 0 Å². The van der Waals surface area contributed by atoms with Crippen molar-refractivity contribution < 1.29 is 13.9 Å². The Morgan fingerprint density at radius 1 is 1.40 bits per heavy atom. The largest absolute Gasteiger partial charge is 0.469 e. The van der Waals surface area contributed by atoms with Crippen molar-refractivity contribution >= 4 is 17.3 Å². The SMILES string of the molecule is COC(=O)C1CCC(CNc2ccc(F)cc2N)CC1. The maximum atomic E-state index is 12.9. The van der Waals surface area contributed by atoms with Gasteiger partial charge in [0.15, 0.2) is 0 Å². The van der Waals surface area contributed by atoms with Crippen molar-refractivity contribution in [1.29, 1.82) is 0 Å². The highest BCUT2D eigenvalue weighted by molar-refractivity contribution is 5.72. The number of carbonyl (C=O) groups is 1. The van der Waals surface area contributed by atoms with Gasteiger partial charge in [-0.05, 0) is 49.8 Å². The first-order chi connectivity index (χ1) is 9.60. The lowest BCUT2D eigenvalue weighted by atomic mass is 9.82. The second-order valence-corrected chi connectivity index (χ2v) is 5.35. The molecule has 0 atom stereocenters. The molecule has 20 heavy (non-hydrogen) atoms. The smallest absolute Gasteiger partial charge is 0.308 e. The second kappa shape index (κ2) is 6.59. The van der Waals surface area contributed by atoms with Gasteiger partial charge in [0.05, 0.1) is 24.4 Å². The number of esters is 1. The van der Waals surface area contributed by atoms with Gasteiger partial charge in [-0.1, -0.05) is 0 Å². The van der Waals surface area contributed by atoms with Gasteiger partial charge >= 0.3 is 5.97 Å². The standard InChI is InChI=1S/C15H21FN2O2/c1-20-15(19)11-4-2-10(3-5-11)9-18-14-7-6-12(16)8-13(14)17/h6-8,10-11,18H,2-5,9,17H2,1H3. The van der Waals surface area contributed by atoms with E-state index in [1.54, 1.807) is 6.07 Å². The number of benzene rings is 1. The summed E-state index contributed by atoms with van der Waals surface area (Å²) in [6, 6.07) is 4.37. The monoisotopic (exact) mass is 280 g/mol. The molecule has 0 aliphatic heterocycles. The minimum Gasteiger partial charge on any atom is -0.469 e. The molecule has 0 unspecified atom stereocenters. The Hall–Kier alpha value is -1.78. The molecule has 1 aliphatic rings. The Morgan fingerprint density at radius 3 is 2.70 bits per heavy atom. The number of methoxy groups -OCH3 is 1. The van der Waals surface area contributed by atoms with E-state index in [1.165, 1.54) is 19.2 Å². The quantitative estimate of drug-likeness (QED) is 0.657. The van der Waals surface area contributed by atoms with Crippen molar-refractivity contribution in [3.05, 3.63) is 24.0 Å². The summed E-state index contributed by atoms with van der Waals surface area (Å²) < 4.78 is 17.7. The molecule has 0 aromatic heterocycles. The number of ether oxygens (including phenoxy) is 1. The van der Waals surface area contributed by atoms with Crippen molar-refractivity contribution in [2.75, 3.05) is 24.7 Å². The maximum Gasteiger partial charge on any atom is 0.308 e. The van der Waals surface area contributed by atoms with Crippen LogP contribution < -0.4 is 11.1 Å². The summed E-state index contributed by atoms with van der Waals surface area (Å²) in [5.41, 5.74) is 6.94. The van der Waals surface area contributed by atoms with Gasteiger partial charge in [0.2, 0.25) is 0 Å². The second-order valence-electron chi connectivity index (χ2n) is 5.35. The lowest BCUT2D eigenvalue weighted by molar-refractivity contribution is -0.146. The number of anilines is 2. The van der Waals surface area contributed by atoms with E-state index in [0.29, 0.717) is 11.6 Å². The third-order valence-corrected chi connectivity index (χ3v) is 3.98. The molecule has 3 N–H and O–H groups in total. The van der Waals surface area contributed by atoms with Crippen LogP contribution >= 0.6 is 0 Å². The van der Waals surface area contributed by atoms with Gasteiger partial charge in [-0.15, -0.1) is 0 Å². The third kappa shape index (κ3) is 3.62. The zero-order chi connectivity index (χ0) is 14.5. The fourth-order valence-corrected chi connectivity index (χ4v) is 2.72. The van der Waals surface area contributed by atoms with Crippen LogP contribution in [0, 0.1) is 17.7 Å². The fourth-order valence-electron chi connectivity index (χ4n) is 2.72. The van der Waals surface area contributed by atoms with Gasteiger partial charge in [-0.2, -0.15) is 0 Å². The maximum absolute atomic E-state index is 12.9. The Balaban J connectivity index is 1.80.